The number of thiophene rings is 1. The highest BCUT2D eigenvalue weighted by Crippen LogP contribution is 2.26. The second-order valence-corrected chi connectivity index (χ2v) is 6.10. The van der Waals surface area contributed by atoms with Gasteiger partial charge in [0.1, 0.15) is 5.82 Å². The van der Waals surface area contributed by atoms with E-state index >= 15 is 0 Å². The summed E-state index contributed by atoms with van der Waals surface area (Å²) in [7, 11) is 0. The van der Waals surface area contributed by atoms with Crippen molar-refractivity contribution in [1.29, 1.82) is 0 Å². The Bertz CT molecular complexity index is 535. The summed E-state index contributed by atoms with van der Waals surface area (Å²) < 4.78 is 5.37. The van der Waals surface area contributed by atoms with Crippen LogP contribution in [0.2, 0.25) is 0 Å². The molecule has 0 bridgehead atoms. The second kappa shape index (κ2) is 6.91. The third kappa shape index (κ3) is 3.54. The van der Waals surface area contributed by atoms with Crippen LogP contribution < -0.4 is 10.2 Å². The average Bonchev–Trinajstić information content (AvgIpc) is 3.08. The molecule has 1 saturated heterocycles. The summed E-state index contributed by atoms with van der Waals surface area (Å²) in [5, 5.41) is 5.69. The van der Waals surface area contributed by atoms with E-state index in [0.717, 1.165) is 44.2 Å². The predicted molar refractivity (Wildman–Crippen MR) is 88.2 cm³/mol. The quantitative estimate of drug-likeness (QED) is 0.916. The van der Waals surface area contributed by atoms with Crippen molar-refractivity contribution in [3.05, 3.63) is 40.7 Å². The van der Waals surface area contributed by atoms with E-state index in [1.54, 1.807) is 11.3 Å². The van der Waals surface area contributed by atoms with Crippen LogP contribution in [-0.4, -0.2) is 31.3 Å². The van der Waals surface area contributed by atoms with Crippen LogP contribution in [-0.2, 0) is 4.74 Å². The smallest absolute Gasteiger partial charge is 0.128 e. The van der Waals surface area contributed by atoms with Crippen molar-refractivity contribution in [2.45, 2.75) is 19.4 Å². The van der Waals surface area contributed by atoms with E-state index in [4.69, 9.17) is 4.74 Å². The van der Waals surface area contributed by atoms with E-state index in [9.17, 15) is 0 Å². The highest BCUT2D eigenvalue weighted by atomic mass is 32.1. The minimum Gasteiger partial charge on any atom is -0.378 e. The van der Waals surface area contributed by atoms with E-state index < -0.39 is 0 Å². The summed E-state index contributed by atoms with van der Waals surface area (Å²) in [5.41, 5.74) is 1.08. The van der Waals surface area contributed by atoms with Crippen LogP contribution in [0.15, 0.2) is 35.8 Å². The summed E-state index contributed by atoms with van der Waals surface area (Å²) in [6, 6.07) is 8.86. The number of rotatable bonds is 5. The topological polar surface area (TPSA) is 37.4 Å². The van der Waals surface area contributed by atoms with Gasteiger partial charge in [-0.05, 0) is 30.0 Å². The monoisotopic (exact) mass is 303 g/mol. The first-order chi connectivity index (χ1) is 10.4. The van der Waals surface area contributed by atoms with Crippen molar-refractivity contribution in [3.63, 3.8) is 0 Å². The molecular weight excluding hydrogens is 282 g/mol. The molecule has 3 heterocycles. The first-order valence-electron chi connectivity index (χ1n) is 7.45. The van der Waals surface area contributed by atoms with Gasteiger partial charge in [-0.25, -0.2) is 4.98 Å². The minimum absolute atomic E-state index is 0.362. The molecule has 0 spiro atoms. The largest absolute Gasteiger partial charge is 0.378 e. The number of pyridine rings is 1. The number of morpholine rings is 1. The molecule has 1 unspecified atom stereocenters. The van der Waals surface area contributed by atoms with E-state index in [-0.39, 0.29) is 0 Å². The van der Waals surface area contributed by atoms with Gasteiger partial charge in [-0.3, -0.25) is 0 Å². The molecule has 112 valence electrons. The number of hydrogen-bond donors (Lipinski definition) is 1. The maximum absolute atomic E-state index is 5.37. The summed E-state index contributed by atoms with van der Waals surface area (Å²) >= 11 is 1.80. The van der Waals surface area contributed by atoms with Crippen molar-refractivity contribution in [3.8, 4) is 0 Å². The van der Waals surface area contributed by atoms with Crippen molar-refractivity contribution in [2.75, 3.05) is 36.5 Å². The van der Waals surface area contributed by atoms with Crippen LogP contribution >= 0.6 is 11.3 Å². The van der Waals surface area contributed by atoms with Crippen molar-refractivity contribution in [2.24, 2.45) is 0 Å². The van der Waals surface area contributed by atoms with Crippen LogP contribution in [0.1, 0.15) is 24.3 Å². The predicted octanol–water partition coefficient (Wildman–Crippen LogP) is 3.54. The van der Waals surface area contributed by atoms with Gasteiger partial charge in [-0.1, -0.05) is 13.0 Å². The van der Waals surface area contributed by atoms with E-state index in [2.05, 4.69) is 51.8 Å². The molecule has 1 aliphatic heterocycles. The SMILES string of the molecule is CCC(Nc1ccc(N2CCOCC2)nc1)c1cccs1. The molecule has 1 atom stereocenters. The zero-order chi connectivity index (χ0) is 14.5. The maximum atomic E-state index is 5.37. The Morgan fingerprint density at radius 3 is 2.81 bits per heavy atom. The molecular formula is C16H21N3OS. The van der Waals surface area contributed by atoms with E-state index in [1.165, 1.54) is 4.88 Å². The van der Waals surface area contributed by atoms with Crippen molar-refractivity contribution >= 4 is 22.8 Å². The average molecular weight is 303 g/mol. The molecule has 4 nitrogen and oxygen atoms in total. The number of aromatic nitrogens is 1. The number of hydrogen-bond acceptors (Lipinski definition) is 5. The summed E-state index contributed by atoms with van der Waals surface area (Å²) in [4.78, 5) is 8.22. The molecule has 3 rings (SSSR count). The Morgan fingerprint density at radius 2 is 2.19 bits per heavy atom. The van der Waals surface area contributed by atoms with Gasteiger partial charge in [0.2, 0.25) is 0 Å². The molecule has 0 saturated carbocycles. The van der Waals surface area contributed by atoms with Gasteiger partial charge < -0.3 is 15.0 Å². The minimum atomic E-state index is 0.362. The fraction of sp³-hybridized carbons (Fsp3) is 0.438. The third-order valence-electron chi connectivity index (χ3n) is 3.72. The number of nitrogens with one attached hydrogen (secondary N) is 1. The second-order valence-electron chi connectivity index (χ2n) is 5.13. The van der Waals surface area contributed by atoms with Crippen molar-refractivity contribution in [1.82, 2.24) is 4.98 Å². The molecule has 2 aromatic rings. The summed E-state index contributed by atoms with van der Waals surface area (Å²) in [6.07, 6.45) is 2.99. The summed E-state index contributed by atoms with van der Waals surface area (Å²) in [5.74, 6) is 1.04. The fourth-order valence-electron chi connectivity index (χ4n) is 2.52. The van der Waals surface area contributed by atoms with E-state index in [1.807, 2.05) is 6.20 Å². The third-order valence-corrected chi connectivity index (χ3v) is 4.70. The standard InChI is InChI=1S/C16H21N3OS/c1-2-14(15-4-3-11-21-15)18-13-5-6-16(17-12-13)19-7-9-20-10-8-19/h3-6,11-12,14,18H,2,7-10H2,1H3. The normalized spacial score (nSPS) is 16.7. The van der Waals surface area contributed by atoms with Gasteiger partial charge >= 0.3 is 0 Å². The number of nitrogens with zero attached hydrogens (tertiary/aromatic N) is 2. The maximum Gasteiger partial charge on any atom is 0.128 e. The lowest BCUT2D eigenvalue weighted by Crippen LogP contribution is -2.36. The van der Waals surface area contributed by atoms with Crippen LogP contribution in [0.3, 0.4) is 0 Å². The molecule has 1 fully saturated rings. The molecule has 0 amide bonds. The van der Waals surface area contributed by atoms with Gasteiger partial charge in [-0.15, -0.1) is 11.3 Å². The molecule has 0 aromatic carbocycles. The van der Waals surface area contributed by atoms with Gasteiger partial charge in [-0.2, -0.15) is 0 Å². The zero-order valence-electron chi connectivity index (χ0n) is 12.3. The molecule has 21 heavy (non-hydrogen) atoms. The van der Waals surface area contributed by atoms with Gasteiger partial charge in [0.05, 0.1) is 31.1 Å². The Morgan fingerprint density at radius 1 is 1.33 bits per heavy atom. The molecule has 1 aliphatic rings. The zero-order valence-corrected chi connectivity index (χ0v) is 13.1. The Balaban J connectivity index is 1.66. The number of anilines is 2. The van der Waals surface area contributed by atoms with Gasteiger partial charge in [0, 0.05) is 18.0 Å². The molecule has 2 aromatic heterocycles. The van der Waals surface area contributed by atoms with Gasteiger partial charge in [0.25, 0.3) is 0 Å². The van der Waals surface area contributed by atoms with Crippen LogP contribution in [0.5, 0.6) is 0 Å². The van der Waals surface area contributed by atoms with Gasteiger partial charge in [0.15, 0.2) is 0 Å². The van der Waals surface area contributed by atoms with Crippen LogP contribution in [0.4, 0.5) is 11.5 Å². The first kappa shape index (κ1) is 14.4. The summed E-state index contributed by atoms with van der Waals surface area (Å²) in [6.45, 7) is 5.63. The highest BCUT2D eigenvalue weighted by Gasteiger charge is 2.13. The molecule has 0 radical (unpaired) electrons. The first-order valence-corrected chi connectivity index (χ1v) is 8.33. The fourth-order valence-corrected chi connectivity index (χ4v) is 3.38. The lowest BCUT2D eigenvalue weighted by Gasteiger charge is -2.28. The van der Waals surface area contributed by atoms with E-state index in [0.29, 0.717) is 6.04 Å². The Labute approximate surface area is 129 Å². The Hall–Kier alpha value is -1.59. The lowest BCUT2D eigenvalue weighted by atomic mass is 10.2. The molecule has 5 heteroatoms. The van der Waals surface area contributed by atoms with Crippen LogP contribution in [0, 0.1) is 0 Å². The molecule has 0 aliphatic carbocycles. The number of ether oxygens (including phenoxy) is 1. The Kier molecular flexibility index (Phi) is 4.72. The lowest BCUT2D eigenvalue weighted by molar-refractivity contribution is 0.122. The molecule has 1 N–H and O–H groups in total. The van der Waals surface area contributed by atoms with Crippen LogP contribution in [0.25, 0.3) is 0 Å². The van der Waals surface area contributed by atoms with Crippen molar-refractivity contribution < 1.29 is 4.74 Å². The highest BCUT2D eigenvalue weighted by molar-refractivity contribution is 7.10.